The number of Topliss-reactive ketones (excluding diaryl/α,β-unsaturated/α-hetero) is 1. The molecule has 0 atom stereocenters. The zero-order valence-electron chi connectivity index (χ0n) is 16.7. The van der Waals surface area contributed by atoms with E-state index in [1.165, 1.54) is 4.90 Å². The normalized spacial score (nSPS) is 15.3. The maximum atomic E-state index is 13.2. The number of amides is 2. The first-order chi connectivity index (χ1) is 14.3. The summed E-state index contributed by atoms with van der Waals surface area (Å²) < 4.78 is 0. The molecule has 0 aliphatic carbocycles. The summed E-state index contributed by atoms with van der Waals surface area (Å²) in [6.07, 6.45) is 3.74. The van der Waals surface area contributed by atoms with Gasteiger partial charge in [0.15, 0.2) is 5.78 Å². The van der Waals surface area contributed by atoms with E-state index in [-0.39, 0.29) is 11.8 Å². The van der Waals surface area contributed by atoms with Gasteiger partial charge in [-0.25, -0.2) is 9.78 Å². The van der Waals surface area contributed by atoms with E-state index in [2.05, 4.69) is 10.3 Å². The highest BCUT2D eigenvalue weighted by molar-refractivity contribution is 6.30. The standard InChI is InChI=1S/C23H21ClN4O2/c1-23(2)10-13-28(22(30)26-17-8-11-25-12-9-17)21-18(20(23)29)6-7-19(27-21)15-4-3-5-16(24)14-15/h3-9,11-12,14H,10,13H2,1-2H3,(H,25,26,30). The van der Waals surface area contributed by atoms with E-state index < -0.39 is 5.41 Å². The van der Waals surface area contributed by atoms with Crippen LogP contribution in [0.4, 0.5) is 16.3 Å². The lowest BCUT2D eigenvalue weighted by atomic mass is 9.82. The first kappa shape index (κ1) is 20.0. The van der Waals surface area contributed by atoms with Crippen molar-refractivity contribution in [3.05, 3.63) is 71.5 Å². The summed E-state index contributed by atoms with van der Waals surface area (Å²) in [6.45, 7) is 4.16. The molecule has 1 N–H and O–H groups in total. The number of anilines is 2. The Hall–Kier alpha value is -3.25. The Kier molecular flexibility index (Phi) is 5.26. The third-order valence-electron chi connectivity index (χ3n) is 5.25. The van der Waals surface area contributed by atoms with Gasteiger partial charge in [-0.3, -0.25) is 14.7 Å². The second-order valence-electron chi connectivity index (χ2n) is 7.86. The zero-order chi connectivity index (χ0) is 21.3. The molecular formula is C23H21ClN4O2. The molecule has 3 heterocycles. The van der Waals surface area contributed by atoms with Gasteiger partial charge in [-0.15, -0.1) is 0 Å². The van der Waals surface area contributed by atoms with Crippen LogP contribution in [-0.2, 0) is 0 Å². The van der Waals surface area contributed by atoms with E-state index in [9.17, 15) is 9.59 Å². The van der Waals surface area contributed by atoms with E-state index in [1.54, 1.807) is 48.8 Å². The number of carbonyl (C=O) groups is 2. The lowest BCUT2D eigenvalue weighted by Crippen LogP contribution is -2.37. The van der Waals surface area contributed by atoms with Crippen molar-refractivity contribution in [3.63, 3.8) is 0 Å². The first-order valence-electron chi connectivity index (χ1n) is 9.65. The van der Waals surface area contributed by atoms with Crippen LogP contribution in [0.25, 0.3) is 11.3 Å². The summed E-state index contributed by atoms with van der Waals surface area (Å²) in [5.74, 6) is 0.330. The summed E-state index contributed by atoms with van der Waals surface area (Å²) in [5, 5.41) is 3.46. The van der Waals surface area contributed by atoms with E-state index in [4.69, 9.17) is 16.6 Å². The molecule has 1 aliphatic heterocycles. The maximum Gasteiger partial charge on any atom is 0.327 e. The molecule has 6 nitrogen and oxygen atoms in total. The fraction of sp³-hybridized carbons (Fsp3) is 0.217. The van der Waals surface area contributed by atoms with Crippen LogP contribution in [0.1, 0.15) is 30.6 Å². The third kappa shape index (κ3) is 3.91. The summed E-state index contributed by atoms with van der Waals surface area (Å²) >= 11 is 6.13. The largest absolute Gasteiger partial charge is 0.327 e. The van der Waals surface area contributed by atoms with Gasteiger partial charge in [-0.2, -0.15) is 0 Å². The summed E-state index contributed by atoms with van der Waals surface area (Å²) in [5.41, 5.74) is 1.92. The fourth-order valence-electron chi connectivity index (χ4n) is 3.44. The molecule has 7 heteroatoms. The van der Waals surface area contributed by atoms with Crippen LogP contribution in [0.2, 0.25) is 5.02 Å². The Bertz CT molecular complexity index is 1120. The summed E-state index contributed by atoms with van der Waals surface area (Å²) in [6, 6.07) is 13.9. The molecule has 4 rings (SSSR count). The minimum absolute atomic E-state index is 0.0261. The smallest absolute Gasteiger partial charge is 0.307 e. The molecule has 2 amide bonds. The van der Waals surface area contributed by atoms with Crippen LogP contribution in [0.3, 0.4) is 0 Å². The lowest BCUT2D eigenvalue weighted by molar-refractivity contribution is 0.0835. The van der Waals surface area contributed by atoms with Gasteiger partial charge in [-0.05, 0) is 42.8 Å². The second kappa shape index (κ2) is 7.88. The van der Waals surface area contributed by atoms with Gasteiger partial charge in [0, 0.05) is 40.6 Å². The molecule has 1 aromatic carbocycles. The molecule has 1 aliphatic rings. The molecule has 152 valence electrons. The molecular weight excluding hydrogens is 400 g/mol. The van der Waals surface area contributed by atoms with Gasteiger partial charge < -0.3 is 5.32 Å². The number of pyridine rings is 2. The van der Waals surface area contributed by atoms with Gasteiger partial charge in [0.2, 0.25) is 0 Å². The van der Waals surface area contributed by atoms with Crippen molar-refractivity contribution in [2.75, 3.05) is 16.8 Å². The van der Waals surface area contributed by atoms with Crippen molar-refractivity contribution in [2.24, 2.45) is 5.41 Å². The average molecular weight is 421 g/mol. The number of urea groups is 1. The minimum Gasteiger partial charge on any atom is -0.307 e. The number of nitrogens with one attached hydrogen (secondary N) is 1. The minimum atomic E-state index is -0.598. The van der Waals surface area contributed by atoms with E-state index in [1.807, 2.05) is 26.0 Å². The molecule has 3 aromatic rings. The zero-order valence-corrected chi connectivity index (χ0v) is 17.5. The Morgan fingerprint density at radius 3 is 2.63 bits per heavy atom. The van der Waals surface area contributed by atoms with Crippen molar-refractivity contribution in [2.45, 2.75) is 20.3 Å². The number of hydrogen-bond donors (Lipinski definition) is 1. The van der Waals surface area contributed by atoms with Crippen LogP contribution in [0.5, 0.6) is 0 Å². The number of nitrogens with zero attached hydrogens (tertiary/aromatic N) is 3. The summed E-state index contributed by atoms with van der Waals surface area (Å²) in [7, 11) is 0. The highest BCUT2D eigenvalue weighted by atomic mass is 35.5. The Morgan fingerprint density at radius 1 is 1.13 bits per heavy atom. The number of halogens is 1. The molecule has 2 aromatic heterocycles. The highest BCUT2D eigenvalue weighted by Gasteiger charge is 2.37. The monoisotopic (exact) mass is 420 g/mol. The number of rotatable bonds is 2. The highest BCUT2D eigenvalue weighted by Crippen LogP contribution is 2.36. The lowest BCUT2D eigenvalue weighted by Gasteiger charge is -2.23. The Morgan fingerprint density at radius 2 is 1.90 bits per heavy atom. The van der Waals surface area contributed by atoms with Gasteiger partial charge in [0.05, 0.1) is 11.3 Å². The molecule has 0 saturated carbocycles. The molecule has 30 heavy (non-hydrogen) atoms. The SMILES string of the molecule is CC1(C)CCN(C(=O)Nc2ccncc2)c2nc(-c3cccc(Cl)c3)ccc2C1=O. The number of hydrogen-bond acceptors (Lipinski definition) is 4. The molecule has 0 saturated heterocycles. The van der Waals surface area contributed by atoms with E-state index >= 15 is 0 Å². The third-order valence-corrected chi connectivity index (χ3v) is 5.48. The van der Waals surface area contributed by atoms with Crippen molar-refractivity contribution >= 4 is 34.9 Å². The number of benzene rings is 1. The maximum absolute atomic E-state index is 13.2. The predicted molar refractivity (Wildman–Crippen MR) is 118 cm³/mol. The molecule has 0 bridgehead atoms. The van der Waals surface area contributed by atoms with Gasteiger partial charge >= 0.3 is 6.03 Å². The Balaban J connectivity index is 1.79. The van der Waals surface area contributed by atoms with E-state index in [0.29, 0.717) is 40.8 Å². The molecule has 0 unspecified atom stereocenters. The van der Waals surface area contributed by atoms with Crippen LogP contribution < -0.4 is 10.2 Å². The Labute approximate surface area is 179 Å². The molecule has 0 fully saturated rings. The van der Waals surface area contributed by atoms with Crippen molar-refractivity contribution in [1.29, 1.82) is 0 Å². The van der Waals surface area contributed by atoms with Crippen molar-refractivity contribution in [3.8, 4) is 11.3 Å². The van der Waals surface area contributed by atoms with Crippen LogP contribution in [0.15, 0.2) is 60.9 Å². The molecule has 0 spiro atoms. The number of fused-ring (bicyclic) bond motifs is 1. The van der Waals surface area contributed by atoms with Crippen molar-refractivity contribution in [1.82, 2.24) is 9.97 Å². The average Bonchev–Trinajstić information content (AvgIpc) is 2.83. The van der Waals surface area contributed by atoms with Gasteiger partial charge in [0.1, 0.15) is 5.82 Å². The van der Waals surface area contributed by atoms with Crippen LogP contribution in [0, 0.1) is 5.41 Å². The number of carbonyl (C=O) groups excluding carboxylic acids is 2. The quantitative estimate of drug-likeness (QED) is 0.598. The molecule has 0 radical (unpaired) electrons. The summed E-state index contributed by atoms with van der Waals surface area (Å²) in [4.78, 5) is 36.5. The fourth-order valence-corrected chi connectivity index (χ4v) is 3.63. The first-order valence-corrected chi connectivity index (χ1v) is 10.0. The van der Waals surface area contributed by atoms with Gasteiger partial charge in [-0.1, -0.05) is 37.6 Å². The second-order valence-corrected chi connectivity index (χ2v) is 8.30. The predicted octanol–water partition coefficient (Wildman–Crippen LogP) is 5.45. The van der Waals surface area contributed by atoms with E-state index in [0.717, 1.165) is 5.56 Å². The number of ketones is 1. The van der Waals surface area contributed by atoms with Crippen LogP contribution in [-0.4, -0.2) is 28.3 Å². The van der Waals surface area contributed by atoms with Crippen LogP contribution >= 0.6 is 11.6 Å². The van der Waals surface area contributed by atoms with Crippen molar-refractivity contribution < 1.29 is 9.59 Å². The number of aromatic nitrogens is 2. The van der Waals surface area contributed by atoms with Gasteiger partial charge in [0.25, 0.3) is 0 Å². The topological polar surface area (TPSA) is 75.2 Å².